The first kappa shape index (κ1) is 12.8. The Balaban J connectivity index is 2.57. The van der Waals surface area contributed by atoms with Crippen molar-refractivity contribution in [2.24, 2.45) is 11.7 Å². The summed E-state index contributed by atoms with van der Waals surface area (Å²) in [6, 6.07) is 0.0275. The number of nitrogens with two attached hydrogens (primary N) is 1. The first-order chi connectivity index (χ1) is 6.85. The Kier molecular flexibility index (Phi) is 4.00. The van der Waals surface area contributed by atoms with Gasteiger partial charge in [0.15, 0.2) is 0 Å². The van der Waals surface area contributed by atoms with Crippen LogP contribution in [0, 0.1) is 5.92 Å². The van der Waals surface area contributed by atoms with Crippen molar-refractivity contribution in [1.82, 2.24) is 4.90 Å². The Labute approximate surface area is 88.6 Å². The first-order valence-electron chi connectivity index (χ1n) is 5.37. The van der Waals surface area contributed by atoms with Crippen LogP contribution in [0.2, 0.25) is 0 Å². The maximum absolute atomic E-state index is 12.3. The lowest BCUT2D eigenvalue weighted by atomic mass is 10.0. The van der Waals surface area contributed by atoms with Crippen molar-refractivity contribution in [3.63, 3.8) is 0 Å². The van der Waals surface area contributed by atoms with E-state index in [1.54, 1.807) is 4.90 Å². The van der Waals surface area contributed by atoms with E-state index in [4.69, 9.17) is 5.73 Å². The number of halogens is 3. The molecule has 15 heavy (non-hydrogen) atoms. The van der Waals surface area contributed by atoms with E-state index >= 15 is 0 Å². The molecule has 2 nitrogen and oxygen atoms in total. The molecule has 2 unspecified atom stereocenters. The molecule has 1 fully saturated rings. The van der Waals surface area contributed by atoms with Crippen LogP contribution in [-0.2, 0) is 0 Å². The molecule has 1 aliphatic carbocycles. The third-order valence-electron chi connectivity index (χ3n) is 3.10. The van der Waals surface area contributed by atoms with Crippen molar-refractivity contribution in [2.75, 3.05) is 13.1 Å². The van der Waals surface area contributed by atoms with E-state index in [0.29, 0.717) is 6.54 Å². The monoisotopic (exact) mass is 224 g/mol. The van der Waals surface area contributed by atoms with Gasteiger partial charge in [-0.1, -0.05) is 6.92 Å². The van der Waals surface area contributed by atoms with E-state index < -0.39 is 12.7 Å². The third kappa shape index (κ3) is 3.99. The smallest absolute Gasteiger partial charge is 0.330 e. The summed E-state index contributed by atoms with van der Waals surface area (Å²) in [5, 5.41) is 0. The fourth-order valence-electron chi connectivity index (χ4n) is 1.74. The van der Waals surface area contributed by atoms with Crippen LogP contribution in [0.15, 0.2) is 0 Å². The Morgan fingerprint density at radius 2 is 1.87 bits per heavy atom. The molecular formula is C10H19F3N2. The molecule has 0 saturated heterocycles. The first-order valence-corrected chi connectivity index (χ1v) is 5.37. The topological polar surface area (TPSA) is 29.3 Å². The minimum atomic E-state index is -4.11. The quantitative estimate of drug-likeness (QED) is 0.774. The Morgan fingerprint density at radius 1 is 1.33 bits per heavy atom. The van der Waals surface area contributed by atoms with E-state index in [1.165, 1.54) is 0 Å². The molecule has 0 aliphatic heterocycles. The van der Waals surface area contributed by atoms with Gasteiger partial charge in [-0.3, -0.25) is 4.90 Å². The van der Waals surface area contributed by atoms with Crippen LogP contribution in [0.1, 0.15) is 26.7 Å². The lowest BCUT2D eigenvalue weighted by Gasteiger charge is -2.33. The van der Waals surface area contributed by atoms with Gasteiger partial charge >= 0.3 is 6.18 Å². The molecule has 90 valence electrons. The minimum Gasteiger partial charge on any atom is -0.330 e. The predicted octanol–water partition coefficient (Wildman–Crippen LogP) is 2.00. The second-order valence-electron chi connectivity index (χ2n) is 4.47. The van der Waals surface area contributed by atoms with Gasteiger partial charge in [0, 0.05) is 12.1 Å². The lowest BCUT2D eigenvalue weighted by Crippen LogP contribution is -2.46. The highest BCUT2D eigenvalue weighted by Crippen LogP contribution is 2.33. The minimum absolute atomic E-state index is 0.0934. The highest BCUT2D eigenvalue weighted by atomic mass is 19.4. The molecule has 5 heteroatoms. The summed E-state index contributed by atoms with van der Waals surface area (Å²) in [5.41, 5.74) is 5.49. The van der Waals surface area contributed by atoms with E-state index in [0.717, 1.165) is 12.8 Å². The van der Waals surface area contributed by atoms with E-state index in [-0.39, 0.29) is 18.0 Å². The molecule has 0 amide bonds. The van der Waals surface area contributed by atoms with Crippen LogP contribution in [0.3, 0.4) is 0 Å². The number of rotatable bonds is 5. The van der Waals surface area contributed by atoms with Crippen molar-refractivity contribution >= 4 is 0 Å². The highest BCUT2D eigenvalue weighted by Gasteiger charge is 2.41. The lowest BCUT2D eigenvalue weighted by molar-refractivity contribution is -0.153. The highest BCUT2D eigenvalue weighted by molar-refractivity contribution is 4.90. The van der Waals surface area contributed by atoms with Crippen molar-refractivity contribution < 1.29 is 13.2 Å². The molecule has 0 aromatic carbocycles. The van der Waals surface area contributed by atoms with Crippen molar-refractivity contribution in [3.05, 3.63) is 0 Å². The molecule has 1 rings (SSSR count). The summed E-state index contributed by atoms with van der Waals surface area (Å²) in [7, 11) is 0. The largest absolute Gasteiger partial charge is 0.401 e. The number of hydrogen-bond donors (Lipinski definition) is 1. The normalized spacial score (nSPS) is 21.8. The van der Waals surface area contributed by atoms with Gasteiger partial charge in [-0.25, -0.2) is 0 Å². The Hall–Kier alpha value is -0.290. The summed E-state index contributed by atoms with van der Waals surface area (Å²) in [6.45, 7) is 3.36. The second-order valence-corrected chi connectivity index (χ2v) is 4.47. The fraction of sp³-hybridized carbons (Fsp3) is 1.00. The van der Waals surface area contributed by atoms with Gasteiger partial charge in [-0.05, 0) is 32.2 Å². The van der Waals surface area contributed by atoms with Crippen molar-refractivity contribution in [3.8, 4) is 0 Å². The van der Waals surface area contributed by atoms with Crippen LogP contribution in [0.5, 0.6) is 0 Å². The van der Waals surface area contributed by atoms with Gasteiger partial charge in [0.05, 0.1) is 6.54 Å². The zero-order valence-corrected chi connectivity index (χ0v) is 9.22. The molecule has 0 heterocycles. The molecule has 0 radical (unpaired) electrons. The van der Waals surface area contributed by atoms with E-state index in [9.17, 15) is 13.2 Å². The van der Waals surface area contributed by atoms with Crippen LogP contribution in [0.4, 0.5) is 13.2 Å². The predicted molar refractivity (Wildman–Crippen MR) is 53.5 cm³/mol. The third-order valence-corrected chi connectivity index (χ3v) is 3.10. The summed E-state index contributed by atoms with van der Waals surface area (Å²) in [5.74, 6) is 0.105. The maximum atomic E-state index is 12.3. The average molecular weight is 224 g/mol. The number of alkyl halides is 3. The van der Waals surface area contributed by atoms with Crippen LogP contribution in [-0.4, -0.2) is 36.2 Å². The molecule has 1 saturated carbocycles. The van der Waals surface area contributed by atoms with Crippen LogP contribution < -0.4 is 5.73 Å². The van der Waals surface area contributed by atoms with Crippen LogP contribution >= 0.6 is 0 Å². The Morgan fingerprint density at radius 3 is 2.20 bits per heavy atom. The van der Waals surface area contributed by atoms with Crippen molar-refractivity contribution in [2.45, 2.75) is 44.9 Å². The summed E-state index contributed by atoms with van der Waals surface area (Å²) in [6.07, 6.45) is -2.33. The van der Waals surface area contributed by atoms with E-state index in [2.05, 4.69) is 0 Å². The molecule has 0 spiro atoms. The summed E-state index contributed by atoms with van der Waals surface area (Å²) in [4.78, 5) is 1.55. The molecule has 0 bridgehead atoms. The number of hydrogen-bond acceptors (Lipinski definition) is 2. The molecule has 2 N–H and O–H groups in total. The van der Waals surface area contributed by atoms with Gasteiger partial charge in [0.25, 0.3) is 0 Å². The standard InChI is InChI=1S/C10H19F3N2/c1-7(5-14)8(2)15(9-3-4-9)6-10(11,12)13/h7-9H,3-6,14H2,1-2H3. The SMILES string of the molecule is CC(CN)C(C)N(CC(F)(F)F)C1CC1. The van der Waals surface area contributed by atoms with Gasteiger partial charge in [0.1, 0.15) is 0 Å². The fourth-order valence-corrected chi connectivity index (χ4v) is 1.74. The summed E-state index contributed by atoms with van der Waals surface area (Å²) < 4.78 is 37.0. The molecule has 2 atom stereocenters. The second kappa shape index (κ2) is 4.70. The van der Waals surface area contributed by atoms with Crippen molar-refractivity contribution in [1.29, 1.82) is 0 Å². The van der Waals surface area contributed by atoms with Gasteiger partial charge in [0.2, 0.25) is 0 Å². The van der Waals surface area contributed by atoms with Crippen LogP contribution in [0.25, 0.3) is 0 Å². The molecule has 1 aliphatic rings. The van der Waals surface area contributed by atoms with Gasteiger partial charge < -0.3 is 5.73 Å². The summed E-state index contributed by atoms with van der Waals surface area (Å²) >= 11 is 0. The zero-order chi connectivity index (χ0) is 11.6. The average Bonchev–Trinajstić information content (AvgIpc) is 2.93. The molecule has 0 aromatic heterocycles. The van der Waals surface area contributed by atoms with Gasteiger partial charge in [-0.2, -0.15) is 13.2 Å². The molecular weight excluding hydrogens is 205 g/mol. The molecule has 0 aromatic rings. The zero-order valence-electron chi connectivity index (χ0n) is 9.22. The van der Waals surface area contributed by atoms with Gasteiger partial charge in [-0.15, -0.1) is 0 Å². The Bertz CT molecular complexity index is 201. The van der Waals surface area contributed by atoms with E-state index in [1.807, 2.05) is 13.8 Å². The maximum Gasteiger partial charge on any atom is 0.401 e. The number of nitrogens with zero attached hydrogens (tertiary/aromatic N) is 1.